The molecule has 0 aliphatic rings. The van der Waals surface area contributed by atoms with Gasteiger partial charge in [0.2, 0.25) is 5.91 Å². The fourth-order valence-corrected chi connectivity index (χ4v) is 3.30. The fourth-order valence-electron chi connectivity index (χ4n) is 3.14. The molecule has 0 bridgehead atoms. The van der Waals surface area contributed by atoms with Crippen molar-refractivity contribution in [3.05, 3.63) is 58.5 Å². The van der Waals surface area contributed by atoms with Gasteiger partial charge in [-0.2, -0.15) is 10.1 Å². The summed E-state index contributed by atoms with van der Waals surface area (Å²) in [5.74, 6) is 0.535. The molecular formula is C18H18ClN7O. The second kappa shape index (κ2) is 6.96. The van der Waals surface area contributed by atoms with Crippen molar-refractivity contribution in [1.82, 2.24) is 34.3 Å². The Kier molecular flexibility index (Phi) is 4.49. The minimum atomic E-state index is -0.0393. The molecule has 9 heteroatoms. The van der Waals surface area contributed by atoms with E-state index < -0.39 is 0 Å². The number of rotatable bonds is 5. The van der Waals surface area contributed by atoms with Gasteiger partial charge in [-0.1, -0.05) is 11.6 Å². The predicted octanol–water partition coefficient (Wildman–Crippen LogP) is 2.29. The number of fused-ring (bicyclic) bond motifs is 2. The van der Waals surface area contributed by atoms with Crippen LogP contribution in [-0.2, 0) is 17.8 Å². The number of hydrogen-bond acceptors (Lipinski definition) is 5. The molecule has 0 fully saturated rings. The standard InChI is InChI=1S/C18H18ClN7O/c1-11-15(12(2)26-18(23-11)21-10-22-26)4-6-17(27)20-7-14-9-25-8-13(19)3-5-16(25)24-14/h3,5,8-10H,4,6-7H2,1-2H3,(H,20,27). The molecule has 27 heavy (non-hydrogen) atoms. The lowest BCUT2D eigenvalue weighted by Gasteiger charge is -2.10. The van der Waals surface area contributed by atoms with Crippen LogP contribution in [0.5, 0.6) is 0 Å². The number of aromatic nitrogens is 6. The van der Waals surface area contributed by atoms with Crippen LogP contribution in [-0.4, -0.2) is 34.9 Å². The lowest BCUT2D eigenvalue weighted by molar-refractivity contribution is -0.121. The van der Waals surface area contributed by atoms with Gasteiger partial charge in [-0.3, -0.25) is 4.79 Å². The Morgan fingerprint density at radius 2 is 2.07 bits per heavy atom. The highest BCUT2D eigenvalue weighted by Crippen LogP contribution is 2.15. The summed E-state index contributed by atoms with van der Waals surface area (Å²) in [7, 11) is 0. The summed E-state index contributed by atoms with van der Waals surface area (Å²) in [6.07, 6.45) is 6.08. The molecule has 0 unspecified atom stereocenters. The Hall–Kier alpha value is -3.00. The first-order chi connectivity index (χ1) is 13.0. The number of carbonyl (C=O) groups excluding carboxylic acids is 1. The third-order valence-corrected chi connectivity index (χ3v) is 4.75. The maximum Gasteiger partial charge on any atom is 0.252 e. The van der Waals surface area contributed by atoms with Crippen LogP contribution in [0.25, 0.3) is 11.4 Å². The van der Waals surface area contributed by atoms with E-state index in [0.29, 0.717) is 30.2 Å². The van der Waals surface area contributed by atoms with Crippen molar-refractivity contribution in [2.75, 3.05) is 0 Å². The van der Waals surface area contributed by atoms with Crippen molar-refractivity contribution in [2.24, 2.45) is 0 Å². The Balaban J connectivity index is 1.39. The number of aryl methyl sites for hydroxylation is 2. The molecular weight excluding hydrogens is 366 g/mol. The zero-order chi connectivity index (χ0) is 19.0. The van der Waals surface area contributed by atoms with E-state index in [1.807, 2.05) is 30.5 Å². The first kappa shape index (κ1) is 17.4. The number of imidazole rings is 1. The van der Waals surface area contributed by atoms with E-state index in [-0.39, 0.29) is 5.91 Å². The van der Waals surface area contributed by atoms with Crippen LogP contribution in [0, 0.1) is 13.8 Å². The molecule has 0 aliphatic heterocycles. The fraction of sp³-hybridized carbons (Fsp3) is 0.278. The molecule has 4 heterocycles. The van der Waals surface area contributed by atoms with Crippen molar-refractivity contribution in [1.29, 1.82) is 0 Å². The molecule has 4 rings (SSSR count). The number of nitrogens with zero attached hydrogens (tertiary/aromatic N) is 6. The van der Waals surface area contributed by atoms with Crippen molar-refractivity contribution in [3.63, 3.8) is 0 Å². The van der Waals surface area contributed by atoms with E-state index in [9.17, 15) is 4.79 Å². The van der Waals surface area contributed by atoms with E-state index in [2.05, 4.69) is 25.4 Å². The molecule has 138 valence electrons. The summed E-state index contributed by atoms with van der Waals surface area (Å²) in [5.41, 5.74) is 4.43. The molecule has 0 saturated carbocycles. The van der Waals surface area contributed by atoms with Crippen LogP contribution in [0.2, 0.25) is 5.02 Å². The van der Waals surface area contributed by atoms with Gasteiger partial charge in [-0.25, -0.2) is 14.5 Å². The van der Waals surface area contributed by atoms with E-state index in [1.165, 1.54) is 6.33 Å². The highest BCUT2D eigenvalue weighted by atomic mass is 35.5. The maximum atomic E-state index is 12.3. The van der Waals surface area contributed by atoms with Gasteiger partial charge in [0.05, 0.1) is 17.3 Å². The Morgan fingerprint density at radius 3 is 2.93 bits per heavy atom. The third kappa shape index (κ3) is 3.48. The SMILES string of the molecule is Cc1nc2ncnn2c(C)c1CCC(=O)NCc1cn2cc(Cl)ccc2n1. The number of hydrogen-bond donors (Lipinski definition) is 1. The molecule has 1 amide bonds. The minimum absolute atomic E-state index is 0.0393. The predicted molar refractivity (Wildman–Crippen MR) is 101 cm³/mol. The van der Waals surface area contributed by atoms with Crippen molar-refractivity contribution < 1.29 is 4.79 Å². The van der Waals surface area contributed by atoms with Gasteiger partial charge in [-0.15, -0.1) is 0 Å². The largest absolute Gasteiger partial charge is 0.350 e. The molecule has 0 aromatic carbocycles. The smallest absolute Gasteiger partial charge is 0.252 e. The second-order valence-corrected chi connectivity index (χ2v) is 6.79. The molecule has 0 aliphatic carbocycles. The van der Waals surface area contributed by atoms with E-state index in [4.69, 9.17) is 11.6 Å². The first-order valence-corrected chi connectivity index (χ1v) is 8.94. The van der Waals surface area contributed by atoms with Crippen molar-refractivity contribution >= 4 is 28.9 Å². The van der Waals surface area contributed by atoms with E-state index in [1.54, 1.807) is 16.8 Å². The number of carbonyl (C=O) groups is 1. The summed E-state index contributed by atoms with van der Waals surface area (Å²) in [6.45, 7) is 4.26. The van der Waals surface area contributed by atoms with Gasteiger partial charge < -0.3 is 9.72 Å². The molecule has 4 aromatic heterocycles. The van der Waals surface area contributed by atoms with Crippen LogP contribution < -0.4 is 5.32 Å². The molecule has 1 N–H and O–H groups in total. The van der Waals surface area contributed by atoms with Crippen LogP contribution in [0.4, 0.5) is 0 Å². The Morgan fingerprint density at radius 1 is 1.22 bits per heavy atom. The zero-order valence-corrected chi connectivity index (χ0v) is 15.7. The normalized spacial score (nSPS) is 11.4. The minimum Gasteiger partial charge on any atom is -0.350 e. The topological polar surface area (TPSA) is 89.5 Å². The molecule has 4 aromatic rings. The molecule has 0 saturated heterocycles. The highest BCUT2D eigenvalue weighted by molar-refractivity contribution is 6.30. The van der Waals surface area contributed by atoms with Gasteiger partial charge in [-0.05, 0) is 38.0 Å². The molecule has 0 radical (unpaired) electrons. The van der Waals surface area contributed by atoms with Gasteiger partial charge in [0.15, 0.2) is 0 Å². The van der Waals surface area contributed by atoms with Gasteiger partial charge in [0, 0.05) is 30.2 Å². The summed E-state index contributed by atoms with van der Waals surface area (Å²) >= 11 is 5.98. The summed E-state index contributed by atoms with van der Waals surface area (Å²) in [4.78, 5) is 25.3. The number of amides is 1. The Labute approximate surface area is 160 Å². The van der Waals surface area contributed by atoms with Crippen molar-refractivity contribution in [2.45, 2.75) is 33.2 Å². The third-order valence-electron chi connectivity index (χ3n) is 4.52. The summed E-state index contributed by atoms with van der Waals surface area (Å²) in [5, 5.41) is 7.72. The van der Waals surface area contributed by atoms with E-state index in [0.717, 1.165) is 28.3 Å². The summed E-state index contributed by atoms with van der Waals surface area (Å²) in [6, 6.07) is 3.63. The molecule has 0 spiro atoms. The van der Waals surface area contributed by atoms with Gasteiger partial charge >= 0.3 is 0 Å². The second-order valence-electron chi connectivity index (χ2n) is 6.35. The van der Waals surface area contributed by atoms with E-state index >= 15 is 0 Å². The Bertz CT molecular complexity index is 1150. The average Bonchev–Trinajstić information content (AvgIpc) is 3.25. The lowest BCUT2D eigenvalue weighted by atomic mass is 10.1. The van der Waals surface area contributed by atoms with Gasteiger partial charge in [0.1, 0.15) is 12.0 Å². The molecule has 8 nitrogen and oxygen atoms in total. The first-order valence-electron chi connectivity index (χ1n) is 8.57. The quantitative estimate of drug-likeness (QED) is 0.571. The summed E-state index contributed by atoms with van der Waals surface area (Å²) < 4.78 is 3.54. The number of halogens is 1. The van der Waals surface area contributed by atoms with Crippen LogP contribution >= 0.6 is 11.6 Å². The van der Waals surface area contributed by atoms with Crippen LogP contribution in [0.15, 0.2) is 30.9 Å². The van der Waals surface area contributed by atoms with Crippen LogP contribution in [0.3, 0.4) is 0 Å². The van der Waals surface area contributed by atoms with Crippen molar-refractivity contribution in [3.8, 4) is 0 Å². The number of pyridine rings is 1. The maximum absolute atomic E-state index is 12.3. The monoisotopic (exact) mass is 383 g/mol. The van der Waals surface area contributed by atoms with Crippen LogP contribution in [0.1, 0.15) is 29.1 Å². The molecule has 0 atom stereocenters. The number of nitrogens with one attached hydrogen (secondary N) is 1. The lowest BCUT2D eigenvalue weighted by Crippen LogP contribution is -2.23. The van der Waals surface area contributed by atoms with Gasteiger partial charge in [0.25, 0.3) is 5.78 Å². The highest BCUT2D eigenvalue weighted by Gasteiger charge is 2.13. The average molecular weight is 384 g/mol. The zero-order valence-electron chi connectivity index (χ0n) is 15.0.